The van der Waals surface area contributed by atoms with Crippen molar-refractivity contribution in [1.29, 1.82) is 0 Å². The van der Waals surface area contributed by atoms with Crippen LogP contribution in [0.25, 0.3) is 0 Å². The van der Waals surface area contributed by atoms with Gasteiger partial charge in [0.15, 0.2) is 5.12 Å². The van der Waals surface area contributed by atoms with Crippen LogP contribution in [0.3, 0.4) is 0 Å². The molecule has 1 amide bonds. The highest BCUT2D eigenvalue weighted by atomic mass is 32.2. The quantitative estimate of drug-likeness (QED) is 0.850. The fourth-order valence-electron chi connectivity index (χ4n) is 1.74. The summed E-state index contributed by atoms with van der Waals surface area (Å²) in [6, 6.07) is 0. The molecule has 2 heterocycles. The van der Waals surface area contributed by atoms with Crippen LogP contribution in [0.15, 0.2) is 0 Å². The summed E-state index contributed by atoms with van der Waals surface area (Å²) in [7, 11) is 0. The van der Waals surface area contributed by atoms with E-state index < -0.39 is 0 Å². The third-order valence-corrected chi connectivity index (χ3v) is 4.33. The molecule has 1 unspecified atom stereocenters. The lowest BCUT2D eigenvalue weighted by molar-refractivity contribution is -0.117. The Morgan fingerprint density at radius 2 is 2.28 bits per heavy atom. The van der Waals surface area contributed by atoms with Crippen LogP contribution < -0.4 is 4.90 Å². The van der Waals surface area contributed by atoms with E-state index in [4.69, 9.17) is 0 Å². The largest absolute Gasteiger partial charge is 0.288 e. The molecular weight excluding hydrogens is 270 g/mol. The molecule has 2 rings (SSSR count). The lowest BCUT2D eigenvalue weighted by atomic mass is 10.2. The fraction of sp³-hybridized carbons (Fsp3) is 0.636. The number of rotatable bonds is 3. The van der Waals surface area contributed by atoms with E-state index in [2.05, 4.69) is 9.36 Å². The van der Waals surface area contributed by atoms with E-state index in [0.29, 0.717) is 18.1 Å². The number of hydrogen-bond donors (Lipinski definition) is 0. The van der Waals surface area contributed by atoms with Crippen LogP contribution in [0.1, 0.15) is 38.9 Å². The van der Waals surface area contributed by atoms with Gasteiger partial charge in [0.05, 0.1) is 0 Å². The maximum absolute atomic E-state index is 11.9. The van der Waals surface area contributed by atoms with Gasteiger partial charge in [-0.05, 0) is 0 Å². The summed E-state index contributed by atoms with van der Waals surface area (Å²) in [6.45, 7) is 6.12. The summed E-state index contributed by atoms with van der Waals surface area (Å²) >= 11 is 2.48. The second-order valence-electron chi connectivity index (χ2n) is 4.53. The summed E-state index contributed by atoms with van der Waals surface area (Å²) in [5.74, 6) is 1.06. The van der Waals surface area contributed by atoms with Crippen LogP contribution in [0.2, 0.25) is 0 Å². The standard InChI is InChI=1S/C11H15N3O2S2/c1-6(2)10-12-11(18-13-10)14-5-8(4-9(14)16)17-7(3)15/h6,8H,4-5H2,1-3H3. The maximum atomic E-state index is 11.9. The van der Waals surface area contributed by atoms with Gasteiger partial charge in [0.2, 0.25) is 11.0 Å². The normalized spacial score (nSPS) is 19.9. The Bertz CT molecular complexity index is 473. The molecule has 0 radical (unpaired) electrons. The first-order valence-corrected chi connectivity index (χ1v) is 7.44. The number of amides is 1. The molecule has 1 fully saturated rings. The molecule has 0 saturated carbocycles. The molecule has 1 aromatic rings. The molecule has 0 bridgehead atoms. The van der Waals surface area contributed by atoms with E-state index in [1.54, 1.807) is 4.90 Å². The van der Waals surface area contributed by atoms with Gasteiger partial charge < -0.3 is 0 Å². The van der Waals surface area contributed by atoms with Gasteiger partial charge in [-0.2, -0.15) is 4.37 Å². The average Bonchev–Trinajstić information content (AvgIpc) is 2.83. The minimum atomic E-state index is 0.0280. The lowest BCUT2D eigenvalue weighted by Crippen LogP contribution is -2.24. The molecule has 0 N–H and O–H groups in total. The second kappa shape index (κ2) is 5.36. The topological polar surface area (TPSA) is 63.2 Å². The number of thioether (sulfide) groups is 1. The number of carbonyl (C=O) groups excluding carboxylic acids is 2. The van der Waals surface area contributed by atoms with Crippen molar-refractivity contribution in [2.24, 2.45) is 0 Å². The van der Waals surface area contributed by atoms with E-state index in [9.17, 15) is 9.59 Å². The predicted octanol–water partition coefficient (Wildman–Crippen LogP) is 2.05. The van der Waals surface area contributed by atoms with Gasteiger partial charge in [0.1, 0.15) is 5.82 Å². The van der Waals surface area contributed by atoms with Crippen molar-refractivity contribution < 1.29 is 9.59 Å². The minimum Gasteiger partial charge on any atom is -0.288 e. The van der Waals surface area contributed by atoms with Crippen molar-refractivity contribution in [2.45, 2.75) is 38.4 Å². The van der Waals surface area contributed by atoms with Gasteiger partial charge in [-0.15, -0.1) is 0 Å². The highest BCUT2D eigenvalue weighted by Gasteiger charge is 2.33. The van der Waals surface area contributed by atoms with Crippen LogP contribution in [0, 0.1) is 0 Å². The zero-order valence-electron chi connectivity index (χ0n) is 10.5. The van der Waals surface area contributed by atoms with Gasteiger partial charge in [-0.1, -0.05) is 25.6 Å². The van der Waals surface area contributed by atoms with Gasteiger partial charge >= 0.3 is 0 Å². The molecule has 18 heavy (non-hydrogen) atoms. The maximum Gasteiger partial charge on any atom is 0.230 e. The van der Waals surface area contributed by atoms with Gasteiger partial charge in [0, 0.05) is 42.6 Å². The highest BCUT2D eigenvalue weighted by Crippen LogP contribution is 2.30. The van der Waals surface area contributed by atoms with Crippen molar-refractivity contribution in [3.8, 4) is 0 Å². The highest BCUT2D eigenvalue weighted by molar-refractivity contribution is 8.14. The molecule has 1 aromatic heterocycles. The Morgan fingerprint density at radius 1 is 1.56 bits per heavy atom. The predicted molar refractivity (Wildman–Crippen MR) is 73.0 cm³/mol. The molecule has 5 nitrogen and oxygen atoms in total. The summed E-state index contributed by atoms with van der Waals surface area (Å²) in [5.41, 5.74) is 0. The zero-order chi connectivity index (χ0) is 13.3. The Hall–Kier alpha value is -0.950. The fourth-order valence-corrected chi connectivity index (χ4v) is 3.50. The average molecular weight is 285 g/mol. The molecule has 1 aliphatic rings. The summed E-state index contributed by atoms with van der Waals surface area (Å²) in [6.07, 6.45) is 0.404. The molecule has 98 valence electrons. The van der Waals surface area contributed by atoms with Gasteiger partial charge in [-0.25, -0.2) is 4.98 Å². The first kappa shape index (κ1) is 13.5. The van der Waals surface area contributed by atoms with Crippen LogP contribution in [0.4, 0.5) is 5.13 Å². The van der Waals surface area contributed by atoms with E-state index >= 15 is 0 Å². The second-order valence-corrected chi connectivity index (χ2v) is 6.74. The SMILES string of the molecule is CC(=O)SC1CC(=O)N(c2nc(C(C)C)ns2)C1. The molecule has 7 heteroatoms. The Morgan fingerprint density at radius 3 is 2.83 bits per heavy atom. The molecule has 0 aliphatic carbocycles. The first-order chi connectivity index (χ1) is 8.47. The van der Waals surface area contributed by atoms with Crippen LogP contribution >= 0.6 is 23.3 Å². The van der Waals surface area contributed by atoms with Gasteiger partial charge in [0.25, 0.3) is 0 Å². The van der Waals surface area contributed by atoms with Crippen molar-refractivity contribution in [3.63, 3.8) is 0 Å². The van der Waals surface area contributed by atoms with Gasteiger partial charge in [-0.3, -0.25) is 14.5 Å². The molecule has 1 aliphatic heterocycles. The Labute approximate surface area is 114 Å². The molecule has 0 aromatic carbocycles. The molecule has 1 atom stereocenters. The van der Waals surface area contributed by atoms with Crippen LogP contribution in [-0.4, -0.2) is 32.2 Å². The lowest BCUT2D eigenvalue weighted by Gasteiger charge is -2.11. The van der Waals surface area contributed by atoms with Crippen LogP contribution in [0.5, 0.6) is 0 Å². The van der Waals surface area contributed by atoms with Crippen molar-refractivity contribution in [2.75, 3.05) is 11.4 Å². The Balaban J connectivity index is 2.09. The monoisotopic (exact) mass is 285 g/mol. The first-order valence-electron chi connectivity index (χ1n) is 5.78. The van der Waals surface area contributed by atoms with Crippen LogP contribution in [-0.2, 0) is 9.59 Å². The third-order valence-electron chi connectivity index (χ3n) is 2.60. The number of anilines is 1. The molecule has 1 saturated heterocycles. The van der Waals surface area contributed by atoms with E-state index in [-0.39, 0.29) is 22.2 Å². The van der Waals surface area contributed by atoms with E-state index in [0.717, 1.165) is 5.82 Å². The van der Waals surface area contributed by atoms with E-state index in [1.807, 2.05) is 13.8 Å². The zero-order valence-corrected chi connectivity index (χ0v) is 12.2. The number of hydrogen-bond acceptors (Lipinski definition) is 6. The summed E-state index contributed by atoms with van der Waals surface area (Å²) in [5, 5.41) is 0.742. The number of nitrogens with zero attached hydrogens (tertiary/aromatic N) is 3. The number of carbonyl (C=O) groups is 2. The van der Waals surface area contributed by atoms with Crippen molar-refractivity contribution in [1.82, 2.24) is 9.36 Å². The van der Waals surface area contributed by atoms with E-state index in [1.165, 1.54) is 30.2 Å². The third kappa shape index (κ3) is 2.89. The smallest absolute Gasteiger partial charge is 0.230 e. The van der Waals surface area contributed by atoms with Crippen molar-refractivity contribution >= 4 is 39.4 Å². The molecular formula is C11H15N3O2S2. The minimum absolute atomic E-state index is 0.0280. The number of aromatic nitrogens is 2. The molecule has 0 spiro atoms. The van der Waals surface area contributed by atoms with Crippen molar-refractivity contribution in [3.05, 3.63) is 5.82 Å². The summed E-state index contributed by atoms with van der Waals surface area (Å²) < 4.78 is 4.24. The Kier molecular flexibility index (Phi) is 4.01. The summed E-state index contributed by atoms with van der Waals surface area (Å²) in [4.78, 5) is 29.0.